The second-order valence-corrected chi connectivity index (χ2v) is 4.65. The van der Waals surface area contributed by atoms with E-state index in [1.165, 1.54) is 12.8 Å². The average Bonchev–Trinajstić information content (AvgIpc) is 2.89. The third-order valence-electron chi connectivity index (χ3n) is 3.22. The molecule has 3 heterocycles. The second kappa shape index (κ2) is 5.27. The van der Waals surface area contributed by atoms with Gasteiger partial charge in [0.25, 0.3) is 5.89 Å². The second-order valence-electron chi connectivity index (χ2n) is 4.65. The van der Waals surface area contributed by atoms with Crippen LogP contribution in [0.5, 0.6) is 0 Å². The van der Waals surface area contributed by atoms with Crippen LogP contribution >= 0.6 is 0 Å². The summed E-state index contributed by atoms with van der Waals surface area (Å²) in [7, 11) is 0. The number of rotatable bonds is 3. The lowest BCUT2D eigenvalue weighted by atomic mass is 9.96. The van der Waals surface area contributed by atoms with Gasteiger partial charge in [0.2, 0.25) is 0 Å². The van der Waals surface area contributed by atoms with Crippen molar-refractivity contribution in [2.24, 2.45) is 5.92 Å². The predicted octanol–water partition coefficient (Wildman–Crippen LogP) is 1.67. The molecule has 2 aromatic rings. The summed E-state index contributed by atoms with van der Waals surface area (Å²) < 4.78 is 5.25. The van der Waals surface area contributed by atoms with Gasteiger partial charge in [0, 0.05) is 12.6 Å². The van der Waals surface area contributed by atoms with Crippen molar-refractivity contribution in [2.45, 2.75) is 19.3 Å². The van der Waals surface area contributed by atoms with Gasteiger partial charge in [-0.3, -0.25) is 4.98 Å². The Morgan fingerprint density at radius 3 is 3.17 bits per heavy atom. The minimum Gasteiger partial charge on any atom is -0.332 e. The smallest absolute Gasteiger partial charge is 0.276 e. The van der Waals surface area contributed by atoms with E-state index in [-0.39, 0.29) is 0 Å². The van der Waals surface area contributed by atoms with Crippen LogP contribution in [-0.2, 0) is 6.42 Å². The quantitative estimate of drug-likeness (QED) is 0.889. The van der Waals surface area contributed by atoms with Gasteiger partial charge in [-0.1, -0.05) is 11.2 Å². The largest absolute Gasteiger partial charge is 0.332 e. The molecule has 0 aliphatic carbocycles. The number of pyridine rings is 1. The molecule has 3 rings (SSSR count). The average molecular weight is 244 g/mol. The molecule has 1 saturated heterocycles. The Hall–Kier alpha value is -1.75. The van der Waals surface area contributed by atoms with Crippen molar-refractivity contribution < 1.29 is 4.52 Å². The summed E-state index contributed by atoms with van der Waals surface area (Å²) in [5.41, 5.74) is 0.734. The molecule has 2 aromatic heterocycles. The molecule has 94 valence electrons. The van der Waals surface area contributed by atoms with Gasteiger partial charge in [0.1, 0.15) is 5.69 Å². The van der Waals surface area contributed by atoms with Gasteiger partial charge >= 0.3 is 0 Å². The number of nitrogens with one attached hydrogen (secondary N) is 1. The third kappa shape index (κ3) is 2.56. The monoisotopic (exact) mass is 244 g/mol. The van der Waals surface area contributed by atoms with Crippen LogP contribution in [0.2, 0.25) is 0 Å². The standard InChI is InChI=1S/C13H16N4O/c1-2-7-15-11(5-1)13-16-12(17-18-13)8-10-4-3-6-14-9-10/h1-2,5,7,10,14H,3-4,6,8-9H2. The van der Waals surface area contributed by atoms with E-state index in [9.17, 15) is 0 Å². The lowest BCUT2D eigenvalue weighted by molar-refractivity contribution is 0.359. The van der Waals surface area contributed by atoms with E-state index in [4.69, 9.17) is 4.52 Å². The fourth-order valence-electron chi connectivity index (χ4n) is 2.29. The van der Waals surface area contributed by atoms with Crippen molar-refractivity contribution in [3.05, 3.63) is 30.2 Å². The fraction of sp³-hybridized carbons (Fsp3) is 0.462. The van der Waals surface area contributed by atoms with Crippen LogP contribution in [0, 0.1) is 5.92 Å². The minimum absolute atomic E-state index is 0.509. The zero-order chi connectivity index (χ0) is 12.2. The molecule has 5 nitrogen and oxygen atoms in total. The SMILES string of the molecule is c1ccc(-c2nc(CC3CCCNC3)no2)nc1. The third-order valence-corrected chi connectivity index (χ3v) is 3.22. The van der Waals surface area contributed by atoms with E-state index in [0.29, 0.717) is 11.8 Å². The van der Waals surface area contributed by atoms with E-state index in [0.717, 1.165) is 31.0 Å². The molecule has 18 heavy (non-hydrogen) atoms. The molecule has 0 spiro atoms. The molecule has 0 aromatic carbocycles. The topological polar surface area (TPSA) is 63.8 Å². The minimum atomic E-state index is 0.509. The Bertz CT molecular complexity index is 491. The summed E-state index contributed by atoms with van der Waals surface area (Å²) >= 11 is 0. The Balaban J connectivity index is 1.69. The highest BCUT2D eigenvalue weighted by atomic mass is 16.5. The van der Waals surface area contributed by atoms with Gasteiger partial charge in [-0.05, 0) is 44.0 Å². The van der Waals surface area contributed by atoms with Gasteiger partial charge in [-0.15, -0.1) is 0 Å². The summed E-state index contributed by atoms with van der Waals surface area (Å²) in [4.78, 5) is 8.61. The summed E-state index contributed by atoms with van der Waals surface area (Å²) in [5, 5.41) is 7.43. The normalized spacial score (nSPS) is 19.9. The molecule has 1 atom stereocenters. The van der Waals surface area contributed by atoms with Crippen LogP contribution in [0.15, 0.2) is 28.9 Å². The number of aromatic nitrogens is 3. The van der Waals surface area contributed by atoms with Gasteiger partial charge < -0.3 is 9.84 Å². The van der Waals surface area contributed by atoms with E-state index in [1.807, 2.05) is 18.2 Å². The molecular weight excluding hydrogens is 228 g/mol. The first-order valence-electron chi connectivity index (χ1n) is 6.36. The van der Waals surface area contributed by atoms with Crippen molar-refractivity contribution in [3.8, 4) is 11.6 Å². The van der Waals surface area contributed by atoms with Crippen molar-refractivity contribution in [2.75, 3.05) is 13.1 Å². The van der Waals surface area contributed by atoms with Gasteiger partial charge in [-0.2, -0.15) is 4.98 Å². The molecule has 0 amide bonds. The molecule has 1 aliphatic rings. The number of hydrogen-bond donors (Lipinski definition) is 1. The summed E-state index contributed by atoms with van der Waals surface area (Å²) in [6, 6.07) is 5.66. The van der Waals surface area contributed by atoms with Crippen LogP contribution in [0.1, 0.15) is 18.7 Å². The van der Waals surface area contributed by atoms with Crippen LogP contribution in [0.25, 0.3) is 11.6 Å². The Kier molecular flexibility index (Phi) is 3.32. The van der Waals surface area contributed by atoms with Gasteiger partial charge in [-0.25, -0.2) is 0 Å². The van der Waals surface area contributed by atoms with E-state index in [1.54, 1.807) is 6.20 Å². The Labute approximate surface area is 106 Å². The molecule has 0 bridgehead atoms. The zero-order valence-electron chi connectivity index (χ0n) is 10.2. The fourth-order valence-corrected chi connectivity index (χ4v) is 2.29. The van der Waals surface area contributed by atoms with Crippen LogP contribution in [-0.4, -0.2) is 28.2 Å². The van der Waals surface area contributed by atoms with E-state index < -0.39 is 0 Å². The van der Waals surface area contributed by atoms with Crippen LogP contribution < -0.4 is 5.32 Å². The molecule has 0 radical (unpaired) electrons. The first-order valence-corrected chi connectivity index (χ1v) is 6.36. The van der Waals surface area contributed by atoms with Crippen LogP contribution in [0.3, 0.4) is 0 Å². The molecular formula is C13H16N4O. The van der Waals surface area contributed by atoms with Crippen molar-refractivity contribution >= 4 is 0 Å². The highest BCUT2D eigenvalue weighted by Crippen LogP contribution is 2.18. The predicted molar refractivity (Wildman–Crippen MR) is 66.8 cm³/mol. The van der Waals surface area contributed by atoms with Crippen molar-refractivity contribution in [1.29, 1.82) is 0 Å². The Morgan fingerprint density at radius 2 is 2.39 bits per heavy atom. The van der Waals surface area contributed by atoms with Crippen LogP contribution in [0.4, 0.5) is 0 Å². The highest BCUT2D eigenvalue weighted by Gasteiger charge is 2.17. The summed E-state index contributed by atoms with van der Waals surface area (Å²) in [5.74, 6) is 1.91. The maximum Gasteiger partial charge on any atom is 0.276 e. The maximum atomic E-state index is 5.25. The van der Waals surface area contributed by atoms with Crippen molar-refractivity contribution in [3.63, 3.8) is 0 Å². The lowest BCUT2D eigenvalue weighted by Gasteiger charge is -2.20. The number of piperidine rings is 1. The maximum absolute atomic E-state index is 5.25. The number of nitrogens with zero attached hydrogens (tertiary/aromatic N) is 3. The zero-order valence-corrected chi connectivity index (χ0v) is 10.2. The first kappa shape index (κ1) is 11.3. The van der Waals surface area contributed by atoms with Gasteiger partial charge in [0.15, 0.2) is 5.82 Å². The number of hydrogen-bond acceptors (Lipinski definition) is 5. The highest BCUT2D eigenvalue weighted by molar-refractivity contribution is 5.45. The molecule has 1 unspecified atom stereocenters. The summed E-state index contributed by atoms with van der Waals surface area (Å²) in [6.07, 6.45) is 5.07. The molecule has 5 heteroatoms. The van der Waals surface area contributed by atoms with E-state index in [2.05, 4.69) is 20.4 Å². The lowest BCUT2D eigenvalue weighted by Crippen LogP contribution is -2.31. The molecule has 1 N–H and O–H groups in total. The van der Waals surface area contributed by atoms with E-state index >= 15 is 0 Å². The summed E-state index contributed by atoms with van der Waals surface area (Å²) in [6.45, 7) is 2.18. The Morgan fingerprint density at radius 1 is 1.39 bits per heavy atom. The first-order chi connectivity index (χ1) is 8.92. The molecule has 0 saturated carbocycles. The van der Waals surface area contributed by atoms with Gasteiger partial charge in [0.05, 0.1) is 0 Å². The van der Waals surface area contributed by atoms with Crippen molar-refractivity contribution in [1.82, 2.24) is 20.4 Å². The molecule has 1 fully saturated rings. The molecule has 1 aliphatic heterocycles.